The van der Waals surface area contributed by atoms with Gasteiger partial charge in [-0.05, 0) is 97.0 Å². The molecule has 4 atom stereocenters. The van der Waals surface area contributed by atoms with Crippen molar-refractivity contribution in [2.45, 2.75) is 76.7 Å². The Bertz CT molecular complexity index is 2090. The van der Waals surface area contributed by atoms with Crippen LogP contribution in [0.4, 0.5) is 0 Å². The molecule has 9 nitrogen and oxygen atoms in total. The van der Waals surface area contributed by atoms with E-state index in [4.69, 9.17) is 14.2 Å². The zero-order valence-electron chi connectivity index (χ0n) is 35.5. The molecule has 5 rings (SSSR count). The van der Waals surface area contributed by atoms with Gasteiger partial charge in [0.2, 0.25) is 11.8 Å². The summed E-state index contributed by atoms with van der Waals surface area (Å²) in [5.41, 5.74) is 4.99. The second-order valence-corrected chi connectivity index (χ2v) is 15.6. The Kier molecular flexibility index (Phi) is 19.6. The number of hydrogen-bond acceptors (Lipinski definition) is 7. The first-order chi connectivity index (χ1) is 30.3. The Morgan fingerprint density at radius 3 is 1.58 bits per heavy atom. The van der Waals surface area contributed by atoms with Crippen molar-refractivity contribution < 1.29 is 33.7 Å². The van der Waals surface area contributed by atoms with Gasteiger partial charge < -0.3 is 30.0 Å². The minimum absolute atomic E-state index is 0.0563. The molecule has 5 aromatic carbocycles. The van der Waals surface area contributed by atoms with Crippen LogP contribution in [0.1, 0.15) is 59.9 Å². The van der Waals surface area contributed by atoms with Crippen molar-refractivity contribution in [1.29, 1.82) is 0 Å². The topological polar surface area (TPSA) is 123 Å². The molecular formula is C53H60N2O7. The number of benzene rings is 5. The summed E-state index contributed by atoms with van der Waals surface area (Å²) < 4.78 is 17.9. The molecule has 0 aliphatic carbocycles. The zero-order chi connectivity index (χ0) is 43.8. The van der Waals surface area contributed by atoms with Crippen LogP contribution in [0.5, 0.6) is 11.5 Å². The van der Waals surface area contributed by atoms with E-state index < -0.39 is 18.0 Å². The van der Waals surface area contributed by atoms with Crippen molar-refractivity contribution in [1.82, 2.24) is 10.6 Å². The van der Waals surface area contributed by atoms with Crippen molar-refractivity contribution in [3.05, 3.63) is 193 Å². The highest BCUT2D eigenvalue weighted by molar-refractivity contribution is 5.86. The van der Waals surface area contributed by atoms with Crippen LogP contribution in [0.3, 0.4) is 0 Å². The molecular weight excluding hydrogens is 777 g/mol. The second-order valence-electron chi connectivity index (χ2n) is 15.6. The van der Waals surface area contributed by atoms with E-state index >= 15 is 0 Å². The van der Waals surface area contributed by atoms with Crippen LogP contribution in [0, 0.1) is 11.8 Å². The van der Waals surface area contributed by atoms with E-state index in [0.717, 1.165) is 40.7 Å². The molecule has 62 heavy (non-hydrogen) atoms. The Balaban J connectivity index is 1.21. The van der Waals surface area contributed by atoms with Crippen molar-refractivity contribution in [2.75, 3.05) is 13.2 Å². The highest BCUT2D eigenvalue weighted by atomic mass is 16.5. The molecule has 2 amide bonds. The monoisotopic (exact) mass is 836 g/mol. The minimum Gasteiger partial charge on any atom is -0.489 e. The summed E-state index contributed by atoms with van der Waals surface area (Å²) in [5, 5.41) is 16.2. The zero-order valence-corrected chi connectivity index (χ0v) is 35.5. The number of ether oxygens (including phenoxy) is 3. The fourth-order valence-corrected chi connectivity index (χ4v) is 7.13. The lowest BCUT2D eigenvalue weighted by molar-refractivity contribution is -0.150. The van der Waals surface area contributed by atoms with Crippen LogP contribution in [0.25, 0.3) is 0 Å². The highest BCUT2D eigenvalue weighted by Gasteiger charge is 2.27. The third-order valence-electron chi connectivity index (χ3n) is 10.5. The van der Waals surface area contributed by atoms with Crippen molar-refractivity contribution in [3.8, 4) is 11.5 Å². The number of rotatable bonds is 27. The van der Waals surface area contributed by atoms with Gasteiger partial charge in [-0.2, -0.15) is 0 Å². The van der Waals surface area contributed by atoms with Crippen LogP contribution in [-0.4, -0.2) is 48.2 Å². The fraction of sp³-hybridized carbons (Fsp3) is 0.302. The molecule has 0 saturated heterocycles. The van der Waals surface area contributed by atoms with Crippen LogP contribution in [0.2, 0.25) is 0 Å². The number of unbranched alkanes of at least 4 members (excludes halogenated alkanes) is 1. The fourth-order valence-electron chi connectivity index (χ4n) is 7.13. The number of allylic oxidation sites excluding steroid dienone is 2. The summed E-state index contributed by atoms with van der Waals surface area (Å²) >= 11 is 0. The predicted molar refractivity (Wildman–Crippen MR) is 244 cm³/mol. The first-order valence-corrected chi connectivity index (χ1v) is 21.5. The lowest BCUT2D eigenvalue weighted by Gasteiger charge is -2.24. The van der Waals surface area contributed by atoms with Crippen LogP contribution >= 0.6 is 0 Å². The van der Waals surface area contributed by atoms with Gasteiger partial charge in [0.15, 0.2) is 0 Å². The van der Waals surface area contributed by atoms with E-state index in [-0.39, 0.29) is 49.8 Å². The molecule has 0 aromatic heterocycles. The molecule has 9 heteroatoms. The predicted octanol–water partition coefficient (Wildman–Crippen LogP) is 8.93. The van der Waals surface area contributed by atoms with Gasteiger partial charge in [-0.25, -0.2) is 0 Å². The molecule has 0 aliphatic rings. The van der Waals surface area contributed by atoms with Gasteiger partial charge in [0, 0.05) is 6.42 Å². The van der Waals surface area contributed by atoms with Crippen molar-refractivity contribution in [2.24, 2.45) is 11.8 Å². The van der Waals surface area contributed by atoms with Crippen LogP contribution in [-0.2, 0) is 51.6 Å². The molecule has 0 saturated carbocycles. The van der Waals surface area contributed by atoms with E-state index in [1.807, 2.05) is 146 Å². The summed E-state index contributed by atoms with van der Waals surface area (Å²) in [6.45, 7) is 8.22. The van der Waals surface area contributed by atoms with Gasteiger partial charge in [-0.15, -0.1) is 13.2 Å². The number of carbonyl (C=O) groups is 3. The maximum atomic E-state index is 14.0. The van der Waals surface area contributed by atoms with Crippen LogP contribution in [0.15, 0.2) is 165 Å². The first kappa shape index (κ1) is 46.6. The van der Waals surface area contributed by atoms with E-state index in [1.54, 1.807) is 6.08 Å². The van der Waals surface area contributed by atoms with Crippen molar-refractivity contribution >= 4 is 17.8 Å². The third kappa shape index (κ3) is 16.5. The summed E-state index contributed by atoms with van der Waals surface area (Å²) in [4.78, 5) is 41.1. The lowest BCUT2D eigenvalue weighted by Crippen LogP contribution is -2.45. The first-order valence-electron chi connectivity index (χ1n) is 21.5. The van der Waals surface area contributed by atoms with E-state index in [9.17, 15) is 19.5 Å². The molecule has 0 bridgehead atoms. The molecule has 0 spiro atoms. The summed E-state index contributed by atoms with van der Waals surface area (Å²) in [6.07, 6.45) is 7.11. The molecule has 0 unspecified atom stereocenters. The summed E-state index contributed by atoms with van der Waals surface area (Å²) in [5.74, 6) is -0.742. The third-order valence-corrected chi connectivity index (χ3v) is 10.5. The highest BCUT2D eigenvalue weighted by Crippen LogP contribution is 2.21. The molecule has 5 aromatic rings. The average Bonchev–Trinajstić information content (AvgIpc) is 3.30. The van der Waals surface area contributed by atoms with Crippen LogP contribution < -0.4 is 20.1 Å². The van der Waals surface area contributed by atoms with Gasteiger partial charge in [-0.1, -0.05) is 127 Å². The van der Waals surface area contributed by atoms with Gasteiger partial charge in [0.1, 0.15) is 31.3 Å². The second kappa shape index (κ2) is 26.0. The Morgan fingerprint density at radius 2 is 1.08 bits per heavy atom. The largest absolute Gasteiger partial charge is 0.489 e. The number of aliphatic hydroxyl groups is 1. The molecule has 0 fully saturated rings. The Labute approximate surface area is 366 Å². The number of aliphatic hydroxyl groups excluding tert-OH is 1. The maximum Gasteiger partial charge on any atom is 0.309 e. The van der Waals surface area contributed by atoms with E-state index in [2.05, 4.69) is 23.8 Å². The molecule has 0 heterocycles. The standard InChI is InChI=1S/C53H60N2O7/c1-3-5-9-23-46(32-40-17-10-6-11-18-40)53(59)62-39-48(34-42-26-30-50(31-27-42)61-38-44-21-14-8-15-22-44)55-52(58)45(16-4-2)35-51(57)54-47(36-56)33-41-24-28-49(29-25-41)60-37-43-19-12-7-13-20-43/h3-4,6-8,10-15,17-22,24-31,45-48,56H,1-2,5,9,16,23,32-39H2,(H,54,57)(H,55,58)/t45-,46-,47+,48+/m1/s1. The van der Waals surface area contributed by atoms with Gasteiger partial charge in [-0.3, -0.25) is 14.4 Å². The summed E-state index contributed by atoms with van der Waals surface area (Å²) in [7, 11) is 0. The lowest BCUT2D eigenvalue weighted by atomic mass is 9.94. The quantitative estimate of drug-likeness (QED) is 0.0274. The van der Waals surface area contributed by atoms with Gasteiger partial charge in [0.05, 0.1) is 30.5 Å². The SMILES string of the molecule is C=CCCC[C@H](Cc1ccccc1)C(=O)OC[C@H](Cc1ccc(OCc2ccccc2)cc1)NC(=O)[C@H](CC=C)CC(=O)N[C@H](CO)Cc1ccc(OCc2ccccc2)cc1. The number of carbonyl (C=O) groups excluding carboxylic acids is 3. The Hall–Kier alpha value is -6.45. The number of nitrogens with one attached hydrogen (secondary N) is 2. The van der Waals surface area contributed by atoms with Crippen molar-refractivity contribution in [3.63, 3.8) is 0 Å². The minimum atomic E-state index is -0.746. The Morgan fingerprint density at radius 1 is 0.581 bits per heavy atom. The molecule has 324 valence electrons. The molecule has 3 N–H and O–H groups in total. The maximum absolute atomic E-state index is 14.0. The molecule has 0 radical (unpaired) electrons. The molecule has 0 aliphatic heterocycles. The number of amides is 2. The van der Waals surface area contributed by atoms with E-state index in [0.29, 0.717) is 50.4 Å². The normalized spacial score (nSPS) is 12.8. The average molecular weight is 837 g/mol. The van der Waals surface area contributed by atoms with Gasteiger partial charge >= 0.3 is 5.97 Å². The smallest absolute Gasteiger partial charge is 0.309 e. The number of esters is 1. The van der Waals surface area contributed by atoms with Gasteiger partial charge in [0.25, 0.3) is 0 Å². The van der Waals surface area contributed by atoms with E-state index in [1.165, 1.54) is 0 Å². The summed E-state index contributed by atoms with van der Waals surface area (Å²) in [6, 6.07) is 43.7. The number of hydrogen-bond donors (Lipinski definition) is 3.